The highest BCUT2D eigenvalue weighted by atomic mass is 15.1. The van der Waals surface area contributed by atoms with E-state index in [0.717, 1.165) is 67.6 Å². The molecule has 4 aromatic carbocycles. The minimum atomic E-state index is -0.281. The monoisotopic (exact) mass is 656 g/mol. The first-order valence-electron chi connectivity index (χ1n) is 17.5. The van der Waals surface area contributed by atoms with E-state index in [1.54, 1.807) is 0 Å². The van der Waals surface area contributed by atoms with Gasteiger partial charge in [0.05, 0.1) is 27.8 Å². The average Bonchev–Trinajstić information content (AvgIpc) is 3.59. The van der Waals surface area contributed by atoms with Crippen LogP contribution in [0.5, 0.6) is 0 Å². The Morgan fingerprint density at radius 3 is 1.38 bits per heavy atom. The van der Waals surface area contributed by atoms with Gasteiger partial charge in [-0.1, -0.05) is 123 Å². The smallest absolute Gasteiger partial charge is 0.143 e. The normalized spacial score (nSPS) is 12.9. The fourth-order valence-electron chi connectivity index (χ4n) is 7.04. The Bertz CT molecular complexity index is 2550. The molecular formula is C44H44N6. The van der Waals surface area contributed by atoms with Crippen molar-refractivity contribution >= 4 is 43.6 Å². The van der Waals surface area contributed by atoms with Crippen molar-refractivity contribution in [3.63, 3.8) is 0 Å². The molecule has 4 heterocycles. The Balaban J connectivity index is 1.41. The molecule has 0 N–H and O–H groups in total. The number of nitrogens with zero attached hydrogens (tertiary/aromatic N) is 6. The topological polar surface area (TPSA) is 61.4 Å². The zero-order valence-electron chi connectivity index (χ0n) is 30.5. The van der Waals surface area contributed by atoms with Gasteiger partial charge in [0.15, 0.2) is 0 Å². The van der Waals surface area contributed by atoms with Gasteiger partial charge < -0.3 is 0 Å². The molecule has 0 saturated carbocycles. The molecule has 0 spiro atoms. The van der Waals surface area contributed by atoms with Gasteiger partial charge in [0.25, 0.3) is 0 Å². The van der Waals surface area contributed by atoms with Gasteiger partial charge in [0.2, 0.25) is 0 Å². The molecule has 0 saturated heterocycles. The summed E-state index contributed by atoms with van der Waals surface area (Å²) in [7, 11) is 0. The second-order valence-electron chi connectivity index (χ2n) is 16.6. The molecule has 6 nitrogen and oxygen atoms in total. The minimum Gasteiger partial charge on any atom is -0.294 e. The molecule has 0 bridgehead atoms. The number of benzene rings is 4. The first-order chi connectivity index (χ1) is 23.7. The summed E-state index contributed by atoms with van der Waals surface area (Å²) in [5.41, 5.74) is 7.07. The summed E-state index contributed by atoms with van der Waals surface area (Å²) in [5.74, 6) is 3.33. The van der Waals surface area contributed by atoms with E-state index in [-0.39, 0.29) is 16.2 Å². The molecule has 0 aliphatic heterocycles. The van der Waals surface area contributed by atoms with Crippen molar-refractivity contribution in [3.05, 3.63) is 120 Å². The third kappa shape index (κ3) is 5.17. The van der Waals surface area contributed by atoms with E-state index in [0.29, 0.717) is 0 Å². The molecule has 4 aromatic heterocycles. The molecule has 0 amide bonds. The van der Waals surface area contributed by atoms with E-state index in [9.17, 15) is 0 Å². The number of para-hydroxylation sites is 3. The number of hydrogen-bond acceptors (Lipinski definition) is 4. The van der Waals surface area contributed by atoms with Gasteiger partial charge in [0.1, 0.15) is 23.3 Å². The van der Waals surface area contributed by atoms with Gasteiger partial charge in [0, 0.05) is 55.8 Å². The standard InChI is InChI=1S/C44H44N6/c1-42(2,3)32-26-45-40(43(4,5)6)48-39(32)27-22-23-36-31(24-27)30-18-12-15-21-35(30)50(36)38-25-37(46-41(47-38)44(7,8)9)49-33-19-13-10-16-28(33)29-17-11-14-20-34(29)49/h10-26H,1-9H3. The maximum Gasteiger partial charge on any atom is 0.143 e. The van der Waals surface area contributed by atoms with Gasteiger partial charge >= 0.3 is 0 Å². The zero-order valence-corrected chi connectivity index (χ0v) is 30.5. The molecule has 0 unspecified atom stereocenters. The third-order valence-corrected chi connectivity index (χ3v) is 9.62. The van der Waals surface area contributed by atoms with E-state index in [4.69, 9.17) is 19.9 Å². The summed E-state index contributed by atoms with van der Waals surface area (Å²) >= 11 is 0. The predicted octanol–water partition coefficient (Wildman–Crippen LogP) is 11.0. The number of hydrogen-bond donors (Lipinski definition) is 0. The fourth-order valence-corrected chi connectivity index (χ4v) is 7.04. The first kappa shape index (κ1) is 31.9. The van der Waals surface area contributed by atoms with Crippen LogP contribution in [0.3, 0.4) is 0 Å². The Kier molecular flexibility index (Phi) is 7.06. The lowest BCUT2D eigenvalue weighted by Gasteiger charge is -2.25. The van der Waals surface area contributed by atoms with Crippen LogP contribution in [-0.4, -0.2) is 29.1 Å². The SMILES string of the molecule is CC(C)(C)c1nc(-n2c3ccccc3c3ccccc32)cc(-n2c3ccccc3c3cc(-c4nc(C(C)(C)C)ncc4C(C)(C)C)ccc32)n1. The van der Waals surface area contributed by atoms with E-state index < -0.39 is 0 Å². The Morgan fingerprint density at radius 1 is 0.440 bits per heavy atom. The van der Waals surface area contributed by atoms with Crippen LogP contribution in [-0.2, 0) is 16.2 Å². The maximum atomic E-state index is 5.30. The molecule has 50 heavy (non-hydrogen) atoms. The summed E-state index contributed by atoms with van der Waals surface area (Å²) in [6.45, 7) is 19.7. The average molecular weight is 657 g/mol. The van der Waals surface area contributed by atoms with Gasteiger partial charge in [-0.05, 0) is 35.7 Å². The molecule has 0 radical (unpaired) electrons. The van der Waals surface area contributed by atoms with E-state index in [1.165, 1.54) is 16.2 Å². The number of aromatic nitrogens is 6. The van der Waals surface area contributed by atoms with Crippen LogP contribution >= 0.6 is 0 Å². The molecule has 0 aliphatic carbocycles. The maximum absolute atomic E-state index is 5.30. The van der Waals surface area contributed by atoms with E-state index in [1.807, 2.05) is 6.20 Å². The van der Waals surface area contributed by atoms with Crippen molar-refractivity contribution in [2.45, 2.75) is 78.6 Å². The van der Waals surface area contributed by atoms with E-state index >= 15 is 0 Å². The summed E-state index contributed by atoms with van der Waals surface area (Å²) in [5, 5.41) is 4.74. The van der Waals surface area contributed by atoms with Gasteiger partial charge in [-0.15, -0.1) is 0 Å². The van der Waals surface area contributed by atoms with Gasteiger partial charge in [-0.25, -0.2) is 19.9 Å². The molecule has 6 heteroatoms. The highest BCUT2D eigenvalue weighted by Gasteiger charge is 2.27. The van der Waals surface area contributed by atoms with Crippen molar-refractivity contribution < 1.29 is 0 Å². The lowest BCUT2D eigenvalue weighted by atomic mass is 9.84. The Morgan fingerprint density at radius 2 is 0.900 bits per heavy atom. The molecule has 0 atom stereocenters. The van der Waals surface area contributed by atoms with Crippen LogP contribution < -0.4 is 0 Å². The summed E-state index contributed by atoms with van der Waals surface area (Å²) in [4.78, 5) is 20.6. The summed E-state index contributed by atoms with van der Waals surface area (Å²) in [6.07, 6.45) is 2.03. The van der Waals surface area contributed by atoms with Crippen LogP contribution in [0.15, 0.2) is 103 Å². The number of rotatable bonds is 3. The van der Waals surface area contributed by atoms with Crippen LogP contribution in [0.1, 0.15) is 79.5 Å². The first-order valence-corrected chi connectivity index (χ1v) is 17.5. The van der Waals surface area contributed by atoms with Crippen LogP contribution in [0.4, 0.5) is 0 Å². The lowest BCUT2D eigenvalue weighted by Crippen LogP contribution is -2.20. The molecular weight excluding hydrogens is 613 g/mol. The molecule has 0 fully saturated rings. The van der Waals surface area contributed by atoms with Crippen molar-refractivity contribution in [2.24, 2.45) is 0 Å². The third-order valence-electron chi connectivity index (χ3n) is 9.62. The van der Waals surface area contributed by atoms with Gasteiger partial charge in [-0.3, -0.25) is 9.13 Å². The minimum absolute atomic E-state index is 0.123. The van der Waals surface area contributed by atoms with Crippen molar-refractivity contribution in [1.29, 1.82) is 0 Å². The van der Waals surface area contributed by atoms with Crippen LogP contribution in [0.2, 0.25) is 0 Å². The van der Waals surface area contributed by atoms with Crippen LogP contribution in [0, 0.1) is 0 Å². The number of fused-ring (bicyclic) bond motifs is 6. The lowest BCUT2D eigenvalue weighted by molar-refractivity contribution is 0.534. The molecule has 8 aromatic rings. The Hall–Kier alpha value is -5.36. The second-order valence-corrected chi connectivity index (χ2v) is 16.6. The Labute approximate surface area is 293 Å². The molecule has 0 aliphatic rings. The van der Waals surface area contributed by atoms with Crippen molar-refractivity contribution in [1.82, 2.24) is 29.1 Å². The molecule has 250 valence electrons. The summed E-state index contributed by atoms with van der Waals surface area (Å²) < 4.78 is 4.58. The van der Waals surface area contributed by atoms with Gasteiger partial charge in [-0.2, -0.15) is 0 Å². The van der Waals surface area contributed by atoms with Crippen LogP contribution in [0.25, 0.3) is 66.5 Å². The van der Waals surface area contributed by atoms with E-state index in [2.05, 4.69) is 169 Å². The zero-order chi connectivity index (χ0) is 35.2. The fraction of sp³-hybridized carbons (Fsp3) is 0.273. The molecule has 8 rings (SSSR count). The van der Waals surface area contributed by atoms with Crippen molar-refractivity contribution in [3.8, 4) is 22.9 Å². The summed E-state index contributed by atoms with van der Waals surface area (Å²) in [6, 6.07) is 34.7. The second kappa shape index (κ2) is 11.1. The van der Waals surface area contributed by atoms with Crippen molar-refractivity contribution in [2.75, 3.05) is 0 Å². The quantitative estimate of drug-likeness (QED) is 0.190. The highest BCUT2D eigenvalue weighted by molar-refractivity contribution is 6.11. The predicted molar refractivity (Wildman–Crippen MR) is 208 cm³/mol. The largest absolute Gasteiger partial charge is 0.294 e. The highest BCUT2D eigenvalue weighted by Crippen LogP contribution is 2.39.